The molecule has 0 bridgehead atoms. The monoisotopic (exact) mass is 529 g/mol. The van der Waals surface area contributed by atoms with Crippen LogP contribution in [0.15, 0.2) is 60.2 Å². The molecule has 2 aliphatic rings. The number of aromatic nitrogens is 2. The van der Waals surface area contributed by atoms with Gasteiger partial charge in [-0.15, -0.1) is 0 Å². The van der Waals surface area contributed by atoms with Crippen LogP contribution in [0.2, 0.25) is 0 Å². The van der Waals surface area contributed by atoms with Crippen molar-refractivity contribution in [2.24, 2.45) is 10.7 Å². The molecule has 11 heteroatoms. The van der Waals surface area contributed by atoms with Crippen molar-refractivity contribution in [3.8, 4) is 11.4 Å². The van der Waals surface area contributed by atoms with Gasteiger partial charge in [0.1, 0.15) is 11.6 Å². The highest BCUT2D eigenvalue weighted by Gasteiger charge is 2.68. The fourth-order valence-electron chi connectivity index (χ4n) is 5.05. The zero-order chi connectivity index (χ0) is 27.3. The summed E-state index contributed by atoms with van der Waals surface area (Å²) >= 11 is 0. The van der Waals surface area contributed by atoms with Crippen LogP contribution in [0.3, 0.4) is 0 Å². The van der Waals surface area contributed by atoms with E-state index in [9.17, 15) is 17.6 Å². The van der Waals surface area contributed by atoms with E-state index in [-0.39, 0.29) is 23.8 Å². The number of rotatable bonds is 7. The highest BCUT2D eigenvalue weighted by molar-refractivity contribution is 5.83. The fraction of sp³-hybridized carbons (Fsp3) is 0.333. The molecular formula is C27H27F4N5O2. The topological polar surface area (TPSA) is 86.7 Å². The van der Waals surface area contributed by atoms with E-state index in [2.05, 4.69) is 22.0 Å². The van der Waals surface area contributed by atoms with Crippen molar-refractivity contribution in [2.45, 2.75) is 44.1 Å². The summed E-state index contributed by atoms with van der Waals surface area (Å²) in [6.07, 6.45) is -2.82. The lowest BCUT2D eigenvalue weighted by molar-refractivity contribution is -0.382. The number of aliphatic imine (C=N–C) groups is 1. The maximum absolute atomic E-state index is 14.3. The normalized spacial score (nSPS) is 22.9. The second-order valence-electron chi connectivity index (χ2n) is 9.75. The van der Waals surface area contributed by atoms with E-state index in [1.807, 2.05) is 12.1 Å². The van der Waals surface area contributed by atoms with E-state index in [1.54, 1.807) is 19.9 Å². The van der Waals surface area contributed by atoms with Gasteiger partial charge in [0.25, 0.3) is 0 Å². The molecule has 2 atom stereocenters. The molecule has 2 unspecified atom stereocenters. The summed E-state index contributed by atoms with van der Waals surface area (Å²) in [6, 6.07) is 11.0. The molecule has 7 nitrogen and oxygen atoms in total. The lowest BCUT2D eigenvalue weighted by Gasteiger charge is -2.55. The summed E-state index contributed by atoms with van der Waals surface area (Å²) in [5.74, 6) is 0.622. The van der Waals surface area contributed by atoms with Crippen LogP contribution >= 0.6 is 0 Å². The first-order chi connectivity index (χ1) is 17.9. The Labute approximate surface area is 217 Å². The zero-order valence-electron chi connectivity index (χ0n) is 20.9. The number of alkyl halides is 3. The van der Waals surface area contributed by atoms with Gasteiger partial charge in [0.15, 0.2) is 11.4 Å². The number of fused-ring (bicyclic) bond motifs is 1. The SMILES string of the molecule is C=C(NCC1(C(F)(F)F)CC(C)(c2cccc3c2OCC3)O1)c1cnn(-c2ccc(F)cc2)c1/N=C(/C)N. The molecule has 3 N–H and O–H groups in total. The molecule has 0 spiro atoms. The van der Waals surface area contributed by atoms with Gasteiger partial charge in [-0.05, 0) is 43.7 Å². The molecule has 38 heavy (non-hydrogen) atoms. The minimum absolute atomic E-state index is 0.156. The third-order valence-corrected chi connectivity index (χ3v) is 6.85. The number of hydrogen-bond donors (Lipinski definition) is 2. The van der Waals surface area contributed by atoms with Crippen molar-refractivity contribution in [1.29, 1.82) is 0 Å². The molecule has 200 valence electrons. The van der Waals surface area contributed by atoms with Crippen LogP contribution in [0.5, 0.6) is 5.75 Å². The standard InChI is InChI=1S/C27H27F4N5O2/c1-16(21-13-34-36(24(21)35-17(2)32)20-9-7-19(28)8-10-20)33-15-26(27(29,30)31)14-25(3,38-26)22-6-4-5-18-11-12-37-23(18)22/h4-10,13,33H,1,11-12,14-15H2,2-3H3,(H2,32,35). The number of para-hydroxylation sites is 1. The van der Waals surface area contributed by atoms with Crippen LogP contribution in [-0.2, 0) is 16.8 Å². The number of ether oxygens (including phenoxy) is 2. The molecular weight excluding hydrogens is 502 g/mol. The summed E-state index contributed by atoms with van der Waals surface area (Å²) in [5, 5.41) is 7.06. The van der Waals surface area contributed by atoms with Crippen molar-refractivity contribution in [3.63, 3.8) is 0 Å². The van der Waals surface area contributed by atoms with E-state index in [0.717, 1.165) is 5.56 Å². The first-order valence-corrected chi connectivity index (χ1v) is 12.0. The van der Waals surface area contributed by atoms with Gasteiger partial charge in [0, 0.05) is 24.1 Å². The van der Waals surface area contributed by atoms with Gasteiger partial charge in [0.05, 0.1) is 42.0 Å². The van der Waals surface area contributed by atoms with Crippen LogP contribution < -0.4 is 15.8 Å². The molecule has 1 saturated heterocycles. The van der Waals surface area contributed by atoms with Crippen LogP contribution in [0.25, 0.3) is 11.4 Å². The van der Waals surface area contributed by atoms with Crippen molar-refractivity contribution < 1.29 is 27.0 Å². The summed E-state index contributed by atoms with van der Waals surface area (Å²) < 4.78 is 69.3. The number of halogens is 4. The molecule has 1 fully saturated rings. The molecule has 0 amide bonds. The third kappa shape index (κ3) is 4.40. The van der Waals surface area contributed by atoms with Crippen molar-refractivity contribution in [2.75, 3.05) is 13.2 Å². The van der Waals surface area contributed by atoms with Gasteiger partial charge in [-0.2, -0.15) is 18.3 Å². The molecule has 2 aliphatic heterocycles. The largest absolute Gasteiger partial charge is 0.493 e. The molecule has 0 aliphatic carbocycles. The number of benzene rings is 2. The first kappa shape index (κ1) is 25.8. The summed E-state index contributed by atoms with van der Waals surface area (Å²) in [6.45, 7) is 7.05. The van der Waals surface area contributed by atoms with Gasteiger partial charge in [-0.25, -0.2) is 14.1 Å². The minimum atomic E-state index is -4.65. The van der Waals surface area contributed by atoms with Gasteiger partial charge in [0.2, 0.25) is 0 Å². The molecule has 1 aromatic heterocycles. The average Bonchev–Trinajstić information content (AvgIpc) is 3.47. The third-order valence-electron chi connectivity index (χ3n) is 6.85. The maximum atomic E-state index is 14.3. The average molecular weight is 530 g/mol. The van der Waals surface area contributed by atoms with E-state index in [4.69, 9.17) is 15.2 Å². The fourth-order valence-corrected chi connectivity index (χ4v) is 5.05. The molecule has 3 aromatic rings. The smallest absolute Gasteiger partial charge is 0.419 e. The lowest BCUT2D eigenvalue weighted by atomic mass is 9.74. The molecule has 2 aromatic carbocycles. The van der Waals surface area contributed by atoms with E-state index in [1.165, 1.54) is 35.1 Å². The number of nitrogens with two attached hydrogens (primary N) is 1. The van der Waals surface area contributed by atoms with Crippen LogP contribution in [-0.4, -0.2) is 40.5 Å². The Hall–Kier alpha value is -3.86. The van der Waals surface area contributed by atoms with Crippen molar-refractivity contribution in [1.82, 2.24) is 15.1 Å². The molecule has 0 radical (unpaired) electrons. The summed E-state index contributed by atoms with van der Waals surface area (Å²) in [5.41, 5.74) is 4.77. The quantitative estimate of drug-likeness (QED) is 0.251. The lowest BCUT2D eigenvalue weighted by Crippen LogP contribution is -2.68. The van der Waals surface area contributed by atoms with Crippen LogP contribution in [0.4, 0.5) is 23.4 Å². The first-order valence-electron chi connectivity index (χ1n) is 12.0. The van der Waals surface area contributed by atoms with E-state index < -0.39 is 29.7 Å². The number of nitrogens with zero attached hydrogens (tertiary/aromatic N) is 3. The Morgan fingerprint density at radius 3 is 2.61 bits per heavy atom. The predicted molar refractivity (Wildman–Crippen MR) is 135 cm³/mol. The van der Waals surface area contributed by atoms with E-state index in [0.29, 0.717) is 35.6 Å². The predicted octanol–water partition coefficient (Wildman–Crippen LogP) is 5.15. The number of nitrogens with one attached hydrogen (secondary N) is 1. The van der Waals surface area contributed by atoms with Crippen LogP contribution in [0.1, 0.15) is 37.0 Å². The number of hydrogen-bond acceptors (Lipinski definition) is 5. The summed E-state index contributed by atoms with van der Waals surface area (Å²) in [7, 11) is 0. The minimum Gasteiger partial charge on any atom is -0.493 e. The maximum Gasteiger partial charge on any atom is 0.419 e. The van der Waals surface area contributed by atoms with Crippen molar-refractivity contribution in [3.05, 3.63) is 77.7 Å². The molecule has 5 rings (SSSR count). The highest BCUT2D eigenvalue weighted by atomic mass is 19.4. The highest BCUT2D eigenvalue weighted by Crippen LogP contribution is 2.57. The Kier molecular flexibility index (Phi) is 6.21. The molecule has 0 saturated carbocycles. The second kappa shape index (κ2) is 9.16. The van der Waals surface area contributed by atoms with Crippen molar-refractivity contribution >= 4 is 17.4 Å². The van der Waals surface area contributed by atoms with Crippen LogP contribution in [0, 0.1) is 5.82 Å². The van der Waals surface area contributed by atoms with Gasteiger partial charge in [-0.3, -0.25) is 0 Å². The Balaban J connectivity index is 1.39. The Morgan fingerprint density at radius 1 is 1.24 bits per heavy atom. The molecule has 3 heterocycles. The number of amidine groups is 1. The second-order valence-corrected chi connectivity index (χ2v) is 9.75. The van der Waals surface area contributed by atoms with Gasteiger partial charge < -0.3 is 20.5 Å². The van der Waals surface area contributed by atoms with Gasteiger partial charge in [-0.1, -0.05) is 24.8 Å². The van der Waals surface area contributed by atoms with E-state index >= 15 is 0 Å². The zero-order valence-corrected chi connectivity index (χ0v) is 20.9. The van der Waals surface area contributed by atoms with Gasteiger partial charge >= 0.3 is 6.18 Å². The Morgan fingerprint density at radius 2 is 1.95 bits per heavy atom. The Bertz CT molecular complexity index is 1400. The summed E-state index contributed by atoms with van der Waals surface area (Å²) in [4.78, 5) is 4.30.